The normalized spacial score (nSPS) is 10.1. The second-order valence-electron chi connectivity index (χ2n) is 3.05. The van der Waals surface area contributed by atoms with Crippen molar-refractivity contribution in [1.29, 1.82) is 0 Å². The lowest BCUT2D eigenvalue weighted by Gasteiger charge is -2.04. The van der Waals surface area contributed by atoms with Crippen LogP contribution in [0.1, 0.15) is 32.6 Å². The molecule has 0 heterocycles. The van der Waals surface area contributed by atoms with Gasteiger partial charge < -0.3 is 9.47 Å². The van der Waals surface area contributed by atoms with Crippen molar-refractivity contribution in [1.82, 2.24) is 0 Å². The van der Waals surface area contributed by atoms with Crippen LogP contribution in [0.5, 0.6) is 0 Å². The summed E-state index contributed by atoms with van der Waals surface area (Å²) >= 11 is 3.80. The van der Waals surface area contributed by atoms with Crippen LogP contribution in [0.15, 0.2) is 0 Å². The second kappa shape index (κ2) is 10.9. The van der Waals surface area contributed by atoms with Gasteiger partial charge in [-0.1, -0.05) is 13.3 Å². The molecule has 0 fully saturated rings. The van der Waals surface area contributed by atoms with Crippen molar-refractivity contribution in [2.24, 2.45) is 0 Å². The molecular formula is C10H20O3S. The molecule has 0 aromatic carbocycles. The van der Waals surface area contributed by atoms with Gasteiger partial charge in [0.05, 0.1) is 12.4 Å². The minimum Gasteiger partial charge on any atom is -0.465 e. The van der Waals surface area contributed by atoms with Crippen molar-refractivity contribution in [3.05, 3.63) is 0 Å². The van der Waals surface area contributed by atoms with Gasteiger partial charge in [0, 0.05) is 13.2 Å². The third-order valence-electron chi connectivity index (χ3n) is 1.72. The number of hydrogen-bond donors (Lipinski definition) is 1. The van der Waals surface area contributed by atoms with Gasteiger partial charge in [0.2, 0.25) is 0 Å². The highest BCUT2D eigenvalue weighted by molar-refractivity contribution is 7.81. The van der Waals surface area contributed by atoms with E-state index in [1.54, 1.807) is 0 Å². The number of hydrogen-bond acceptors (Lipinski definition) is 4. The lowest BCUT2D eigenvalue weighted by molar-refractivity contribution is -0.140. The largest absolute Gasteiger partial charge is 0.465 e. The summed E-state index contributed by atoms with van der Waals surface area (Å²) in [7, 11) is 0. The quantitative estimate of drug-likeness (QED) is 0.367. The molecule has 0 aliphatic rings. The van der Waals surface area contributed by atoms with E-state index in [0.29, 0.717) is 6.61 Å². The van der Waals surface area contributed by atoms with Gasteiger partial charge in [0.25, 0.3) is 0 Å². The van der Waals surface area contributed by atoms with Crippen molar-refractivity contribution >= 4 is 18.6 Å². The van der Waals surface area contributed by atoms with E-state index in [4.69, 9.17) is 9.47 Å². The summed E-state index contributed by atoms with van der Waals surface area (Å²) in [5.41, 5.74) is 0. The highest BCUT2D eigenvalue weighted by atomic mass is 32.1. The third kappa shape index (κ3) is 9.86. The predicted molar refractivity (Wildman–Crippen MR) is 59.8 cm³/mol. The van der Waals surface area contributed by atoms with Gasteiger partial charge in [-0.15, -0.1) is 0 Å². The Balaban J connectivity index is 2.95. The average molecular weight is 220 g/mol. The van der Waals surface area contributed by atoms with Gasteiger partial charge in [0.1, 0.15) is 0 Å². The van der Waals surface area contributed by atoms with Crippen LogP contribution in [0.25, 0.3) is 0 Å². The summed E-state index contributed by atoms with van der Waals surface area (Å²) in [6, 6.07) is 0. The van der Waals surface area contributed by atoms with Gasteiger partial charge in [-0.25, -0.2) is 0 Å². The smallest absolute Gasteiger partial charge is 0.315 e. The van der Waals surface area contributed by atoms with Gasteiger partial charge in [-0.2, -0.15) is 12.6 Å². The number of thiol groups is 1. The molecule has 0 aromatic heterocycles. The van der Waals surface area contributed by atoms with Crippen molar-refractivity contribution in [2.75, 3.05) is 25.6 Å². The Morgan fingerprint density at radius 3 is 2.43 bits per heavy atom. The zero-order chi connectivity index (χ0) is 10.6. The van der Waals surface area contributed by atoms with Crippen molar-refractivity contribution < 1.29 is 14.3 Å². The number of carbonyl (C=O) groups is 1. The van der Waals surface area contributed by atoms with E-state index in [2.05, 4.69) is 19.6 Å². The van der Waals surface area contributed by atoms with Gasteiger partial charge in [-0.3, -0.25) is 4.79 Å². The number of unbranched alkanes of at least 4 members (excludes halogenated alkanes) is 2. The lowest BCUT2D eigenvalue weighted by atomic mass is 10.3. The van der Waals surface area contributed by atoms with Crippen molar-refractivity contribution in [3.8, 4) is 0 Å². The maximum absolute atomic E-state index is 10.7. The molecule has 0 spiro atoms. The molecule has 3 nitrogen and oxygen atoms in total. The zero-order valence-corrected chi connectivity index (χ0v) is 9.72. The third-order valence-corrected chi connectivity index (χ3v) is 1.98. The van der Waals surface area contributed by atoms with E-state index in [9.17, 15) is 4.79 Å². The number of rotatable bonds is 9. The fourth-order valence-corrected chi connectivity index (χ4v) is 0.978. The molecule has 84 valence electrons. The van der Waals surface area contributed by atoms with E-state index in [1.807, 2.05) is 0 Å². The molecule has 0 saturated carbocycles. The minimum atomic E-state index is -0.250. The molecule has 0 N–H and O–H groups in total. The van der Waals surface area contributed by atoms with E-state index in [-0.39, 0.29) is 11.7 Å². The van der Waals surface area contributed by atoms with Crippen LogP contribution in [0, 0.1) is 0 Å². The van der Waals surface area contributed by atoms with E-state index < -0.39 is 0 Å². The zero-order valence-electron chi connectivity index (χ0n) is 8.83. The van der Waals surface area contributed by atoms with Crippen LogP contribution in [0.2, 0.25) is 0 Å². The Morgan fingerprint density at radius 1 is 1.14 bits per heavy atom. The molecule has 0 aliphatic heterocycles. The molecule has 0 unspecified atom stereocenters. The Bertz CT molecular complexity index is 139. The Hall–Kier alpha value is -0.220. The number of ether oxygens (including phenoxy) is 2. The molecule has 0 atom stereocenters. The van der Waals surface area contributed by atoms with Gasteiger partial charge in [-0.05, 0) is 19.3 Å². The summed E-state index contributed by atoms with van der Waals surface area (Å²) in [6.07, 6.45) is 4.10. The maximum Gasteiger partial charge on any atom is 0.315 e. The first-order valence-electron chi connectivity index (χ1n) is 5.15. The molecule has 0 aliphatic carbocycles. The highest BCUT2D eigenvalue weighted by Crippen LogP contribution is 1.94. The Morgan fingerprint density at radius 2 is 1.79 bits per heavy atom. The monoisotopic (exact) mass is 220 g/mol. The first kappa shape index (κ1) is 13.8. The van der Waals surface area contributed by atoms with E-state index in [0.717, 1.165) is 32.5 Å². The first-order chi connectivity index (χ1) is 6.81. The van der Waals surface area contributed by atoms with Crippen LogP contribution in [-0.4, -0.2) is 31.5 Å². The van der Waals surface area contributed by atoms with Crippen molar-refractivity contribution in [2.45, 2.75) is 32.6 Å². The number of carbonyl (C=O) groups excluding carboxylic acids is 1. The van der Waals surface area contributed by atoms with Crippen LogP contribution in [-0.2, 0) is 14.3 Å². The summed E-state index contributed by atoms with van der Waals surface area (Å²) in [5, 5.41) is 0. The summed E-state index contributed by atoms with van der Waals surface area (Å²) < 4.78 is 10.2. The van der Waals surface area contributed by atoms with Crippen LogP contribution >= 0.6 is 12.6 Å². The maximum atomic E-state index is 10.7. The Labute approximate surface area is 91.6 Å². The second-order valence-corrected chi connectivity index (χ2v) is 3.37. The molecule has 0 saturated heterocycles. The fourth-order valence-electron chi connectivity index (χ4n) is 0.886. The van der Waals surface area contributed by atoms with Crippen LogP contribution in [0.3, 0.4) is 0 Å². The van der Waals surface area contributed by atoms with E-state index in [1.165, 1.54) is 6.42 Å². The van der Waals surface area contributed by atoms with Crippen LogP contribution in [0.4, 0.5) is 0 Å². The topological polar surface area (TPSA) is 35.5 Å². The molecule has 0 amide bonds. The Kier molecular flexibility index (Phi) is 10.7. The summed E-state index contributed by atoms with van der Waals surface area (Å²) in [5.74, 6) is -0.0901. The molecule has 14 heavy (non-hydrogen) atoms. The minimum absolute atomic E-state index is 0.160. The highest BCUT2D eigenvalue weighted by Gasteiger charge is 1.97. The average Bonchev–Trinajstić information content (AvgIpc) is 2.21. The molecular weight excluding hydrogens is 200 g/mol. The van der Waals surface area contributed by atoms with Crippen molar-refractivity contribution in [3.63, 3.8) is 0 Å². The summed E-state index contributed by atoms with van der Waals surface area (Å²) in [4.78, 5) is 10.7. The molecule has 0 radical (unpaired) electrons. The lowest BCUT2D eigenvalue weighted by Crippen LogP contribution is -2.07. The molecule has 0 bridgehead atoms. The predicted octanol–water partition coefficient (Wildman–Crippen LogP) is 2.06. The van der Waals surface area contributed by atoms with Gasteiger partial charge >= 0.3 is 5.97 Å². The standard InChI is InChI=1S/C10H20O3S/c1-2-3-6-12-7-4-5-8-13-10(11)9-14/h14H,2-9H2,1H3. The molecule has 0 rings (SSSR count). The van der Waals surface area contributed by atoms with Crippen LogP contribution < -0.4 is 0 Å². The fraction of sp³-hybridized carbons (Fsp3) is 0.900. The van der Waals surface area contributed by atoms with Gasteiger partial charge in [0.15, 0.2) is 0 Å². The van der Waals surface area contributed by atoms with E-state index >= 15 is 0 Å². The molecule has 4 heteroatoms. The SMILES string of the molecule is CCCCOCCCCOC(=O)CS. The molecule has 0 aromatic rings. The summed E-state index contributed by atoms with van der Waals surface area (Å²) in [6.45, 7) is 4.22. The first-order valence-corrected chi connectivity index (χ1v) is 5.78. The number of esters is 1.